The third kappa shape index (κ3) is 3.92. The van der Waals surface area contributed by atoms with Crippen LogP contribution in [0, 0.1) is 0 Å². The SMILES string of the molecule is O=C(/C=C/c1ccc(Cl)cc1)c1ccc(-n2nncc2-c2ccccc2)cc1. The summed E-state index contributed by atoms with van der Waals surface area (Å²) in [6, 6.07) is 24.6. The van der Waals surface area contributed by atoms with Gasteiger partial charge in [0.05, 0.1) is 17.6 Å². The summed E-state index contributed by atoms with van der Waals surface area (Å²) in [5.74, 6) is -0.0663. The van der Waals surface area contributed by atoms with Crippen LogP contribution in [0.1, 0.15) is 15.9 Å². The molecule has 0 fully saturated rings. The number of carbonyl (C=O) groups is 1. The highest BCUT2D eigenvalue weighted by molar-refractivity contribution is 6.30. The summed E-state index contributed by atoms with van der Waals surface area (Å²) in [7, 11) is 0. The lowest BCUT2D eigenvalue weighted by molar-refractivity contribution is 0.104. The predicted molar refractivity (Wildman–Crippen MR) is 112 cm³/mol. The second-order valence-electron chi connectivity index (χ2n) is 6.19. The van der Waals surface area contributed by atoms with E-state index in [1.54, 1.807) is 47.3 Å². The van der Waals surface area contributed by atoms with Crippen molar-refractivity contribution in [2.45, 2.75) is 0 Å². The Balaban J connectivity index is 1.54. The van der Waals surface area contributed by atoms with Crippen molar-refractivity contribution in [3.05, 3.63) is 107 Å². The van der Waals surface area contributed by atoms with Crippen molar-refractivity contribution in [2.75, 3.05) is 0 Å². The molecule has 0 atom stereocenters. The molecule has 0 aliphatic heterocycles. The number of benzene rings is 3. The fourth-order valence-corrected chi connectivity index (χ4v) is 2.97. The Bertz CT molecular complexity index is 1110. The van der Waals surface area contributed by atoms with Gasteiger partial charge in [0.25, 0.3) is 0 Å². The lowest BCUT2D eigenvalue weighted by Crippen LogP contribution is -2.01. The molecular weight excluding hydrogens is 370 g/mol. The quantitative estimate of drug-likeness (QED) is 0.337. The van der Waals surface area contributed by atoms with E-state index in [4.69, 9.17) is 11.6 Å². The van der Waals surface area contributed by atoms with E-state index in [-0.39, 0.29) is 5.78 Å². The standard InChI is InChI=1S/C23H16ClN3O/c24-20-11-6-17(7-12-20)8-15-23(28)19-9-13-21(14-10-19)27-22(16-25-26-27)18-4-2-1-3-5-18/h1-16H/b15-8+. The van der Waals surface area contributed by atoms with Gasteiger partial charge in [-0.3, -0.25) is 4.79 Å². The van der Waals surface area contributed by atoms with Crippen molar-refractivity contribution in [3.8, 4) is 16.9 Å². The van der Waals surface area contributed by atoms with Crippen LogP contribution >= 0.6 is 11.6 Å². The summed E-state index contributed by atoms with van der Waals surface area (Å²) in [6.45, 7) is 0. The van der Waals surface area contributed by atoms with E-state index >= 15 is 0 Å². The molecule has 0 saturated heterocycles. The van der Waals surface area contributed by atoms with Crippen molar-refractivity contribution in [1.82, 2.24) is 15.0 Å². The second-order valence-corrected chi connectivity index (χ2v) is 6.63. The Labute approximate surface area is 167 Å². The van der Waals surface area contributed by atoms with Crippen LogP contribution in [0.5, 0.6) is 0 Å². The summed E-state index contributed by atoms with van der Waals surface area (Å²) >= 11 is 5.87. The van der Waals surface area contributed by atoms with Crippen molar-refractivity contribution >= 4 is 23.5 Å². The second kappa shape index (κ2) is 8.03. The largest absolute Gasteiger partial charge is 0.289 e. The average Bonchev–Trinajstić information content (AvgIpc) is 3.24. The van der Waals surface area contributed by atoms with Gasteiger partial charge in [-0.05, 0) is 48.0 Å². The molecule has 4 nitrogen and oxygen atoms in total. The maximum Gasteiger partial charge on any atom is 0.185 e. The van der Waals surface area contributed by atoms with Crippen LogP contribution in [-0.4, -0.2) is 20.8 Å². The van der Waals surface area contributed by atoms with Crippen molar-refractivity contribution in [3.63, 3.8) is 0 Å². The maximum absolute atomic E-state index is 12.4. The normalized spacial score (nSPS) is 11.0. The van der Waals surface area contributed by atoms with Crippen molar-refractivity contribution in [2.24, 2.45) is 0 Å². The van der Waals surface area contributed by atoms with Gasteiger partial charge in [-0.2, -0.15) is 0 Å². The summed E-state index contributed by atoms with van der Waals surface area (Å²) < 4.78 is 1.76. The molecule has 28 heavy (non-hydrogen) atoms. The zero-order valence-corrected chi connectivity index (χ0v) is 15.6. The number of nitrogens with zero attached hydrogens (tertiary/aromatic N) is 3. The first-order valence-corrected chi connectivity index (χ1v) is 9.13. The Morgan fingerprint density at radius 3 is 2.32 bits per heavy atom. The third-order valence-corrected chi connectivity index (χ3v) is 4.56. The van der Waals surface area contributed by atoms with Gasteiger partial charge in [-0.1, -0.05) is 65.4 Å². The molecule has 0 radical (unpaired) electrons. The highest BCUT2D eigenvalue weighted by Crippen LogP contribution is 2.21. The van der Waals surface area contributed by atoms with E-state index in [1.807, 2.05) is 54.6 Å². The fraction of sp³-hybridized carbons (Fsp3) is 0. The van der Waals surface area contributed by atoms with Gasteiger partial charge in [0.15, 0.2) is 5.78 Å². The molecule has 4 aromatic rings. The van der Waals surface area contributed by atoms with E-state index < -0.39 is 0 Å². The summed E-state index contributed by atoms with van der Waals surface area (Å²) in [4.78, 5) is 12.4. The molecule has 136 valence electrons. The molecule has 1 aromatic heterocycles. The lowest BCUT2D eigenvalue weighted by atomic mass is 10.1. The first kappa shape index (κ1) is 17.9. The molecule has 0 N–H and O–H groups in total. The van der Waals surface area contributed by atoms with Crippen LogP contribution < -0.4 is 0 Å². The first-order valence-electron chi connectivity index (χ1n) is 8.75. The van der Waals surface area contributed by atoms with E-state index in [2.05, 4.69) is 10.3 Å². The van der Waals surface area contributed by atoms with Crippen LogP contribution in [0.15, 0.2) is 91.1 Å². The molecule has 0 aliphatic carbocycles. The minimum absolute atomic E-state index is 0.0663. The number of carbonyl (C=O) groups excluding carboxylic acids is 1. The lowest BCUT2D eigenvalue weighted by Gasteiger charge is -2.07. The highest BCUT2D eigenvalue weighted by atomic mass is 35.5. The molecule has 3 aromatic carbocycles. The van der Waals surface area contributed by atoms with Gasteiger partial charge in [0.1, 0.15) is 0 Å². The number of hydrogen-bond acceptors (Lipinski definition) is 3. The highest BCUT2D eigenvalue weighted by Gasteiger charge is 2.09. The molecule has 0 amide bonds. The smallest absolute Gasteiger partial charge is 0.185 e. The molecule has 1 heterocycles. The number of rotatable bonds is 5. The van der Waals surface area contributed by atoms with Crippen molar-refractivity contribution in [1.29, 1.82) is 0 Å². The van der Waals surface area contributed by atoms with Crippen LogP contribution in [0.25, 0.3) is 23.0 Å². The van der Waals surface area contributed by atoms with Crippen LogP contribution in [0.2, 0.25) is 5.02 Å². The van der Waals surface area contributed by atoms with Crippen LogP contribution in [0.3, 0.4) is 0 Å². The molecule has 0 aliphatic rings. The zero-order valence-electron chi connectivity index (χ0n) is 14.9. The Hall–Kier alpha value is -3.50. The number of hydrogen-bond donors (Lipinski definition) is 0. The van der Waals surface area contributed by atoms with E-state index in [0.717, 1.165) is 22.5 Å². The Morgan fingerprint density at radius 2 is 1.61 bits per heavy atom. The Kier molecular flexibility index (Phi) is 5.13. The number of aromatic nitrogens is 3. The first-order chi connectivity index (χ1) is 13.7. The topological polar surface area (TPSA) is 47.8 Å². The average molecular weight is 386 g/mol. The Morgan fingerprint density at radius 1 is 0.893 bits per heavy atom. The van der Waals surface area contributed by atoms with E-state index in [9.17, 15) is 4.79 Å². The number of ketones is 1. The van der Waals surface area contributed by atoms with E-state index in [1.165, 1.54) is 0 Å². The minimum Gasteiger partial charge on any atom is -0.289 e. The maximum atomic E-state index is 12.4. The molecule has 0 bridgehead atoms. The monoisotopic (exact) mass is 385 g/mol. The molecule has 0 saturated carbocycles. The molecule has 0 spiro atoms. The van der Waals surface area contributed by atoms with Gasteiger partial charge < -0.3 is 0 Å². The number of allylic oxidation sites excluding steroid dienone is 1. The fourth-order valence-electron chi connectivity index (χ4n) is 2.84. The third-order valence-electron chi connectivity index (χ3n) is 4.31. The molecule has 5 heteroatoms. The van der Waals surface area contributed by atoms with Crippen LogP contribution in [-0.2, 0) is 0 Å². The van der Waals surface area contributed by atoms with Crippen LogP contribution in [0.4, 0.5) is 0 Å². The summed E-state index contributed by atoms with van der Waals surface area (Å²) in [6.07, 6.45) is 5.06. The van der Waals surface area contributed by atoms with Gasteiger partial charge in [-0.15, -0.1) is 5.10 Å². The zero-order chi connectivity index (χ0) is 19.3. The van der Waals surface area contributed by atoms with Gasteiger partial charge in [0.2, 0.25) is 0 Å². The van der Waals surface area contributed by atoms with Gasteiger partial charge >= 0.3 is 0 Å². The molecular formula is C23H16ClN3O. The van der Waals surface area contributed by atoms with Gasteiger partial charge in [0, 0.05) is 16.1 Å². The summed E-state index contributed by atoms with van der Waals surface area (Å²) in [5.41, 5.74) is 4.29. The predicted octanol–water partition coefficient (Wildman–Crippen LogP) is 5.48. The number of halogens is 1. The molecule has 4 rings (SSSR count). The van der Waals surface area contributed by atoms with Crippen molar-refractivity contribution < 1.29 is 4.79 Å². The minimum atomic E-state index is -0.0663. The van der Waals surface area contributed by atoms with Gasteiger partial charge in [-0.25, -0.2) is 4.68 Å². The summed E-state index contributed by atoms with van der Waals surface area (Å²) in [5, 5.41) is 8.87. The molecule has 0 unspecified atom stereocenters. The van der Waals surface area contributed by atoms with E-state index in [0.29, 0.717) is 10.6 Å².